The zero-order valence-electron chi connectivity index (χ0n) is 11.4. The molecule has 2 aromatic rings. The van der Waals surface area contributed by atoms with Crippen molar-refractivity contribution in [3.8, 4) is 5.75 Å². The zero-order valence-corrected chi connectivity index (χ0v) is 11.4. The number of carbonyl (C=O) groups excluding carboxylic acids is 1. The van der Waals surface area contributed by atoms with Gasteiger partial charge in [-0.05, 0) is 42.7 Å². The summed E-state index contributed by atoms with van der Waals surface area (Å²) in [5.74, 6) is -0.639. The van der Waals surface area contributed by atoms with Crippen molar-refractivity contribution in [2.24, 2.45) is 0 Å². The third kappa shape index (κ3) is 2.96. The van der Waals surface area contributed by atoms with Gasteiger partial charge >= 0.3 is 0 Å². The molecule has 0 saturated carbocycles. The number of carbonyl (C=O) groups is 1. The Labute approximate surface area is 117 Å². The van der Waals surface area contributed by atoms with Crippen molar-refractivity contribution < 1.29 is 14.3 Å². The molecule has 0 radical (unpaired) electrons. The Kier molecular flexibility index (Phi) is 4.03. The second kappa shape index (κ2) is 5.74. The lowest BCUT2D eigenvalue weighted by atomic mass is 10.1. The SMILES string of the molecule is Cc1cc(CNC(=O)c2ccccc2O)cc(C)c1F. The molecule has 0 aliphatic rings. The fourth-order valence-corrected chi connectivity index (χ4v) is 2.08. The van der Waals surface area contributed by atoms with Gasteiger partial charge in [0.15, 0.2) is 0 Å². The van der Waals surface area contributed by atoms with Gasteiger partial charge in [0.25, 0.3) is 5.91 Å². The molecule has 0 saturated heterocycles. The van der Waals surface area contributed by atoms with Crippen LogP contribution in [-0.2, 0) is 6.54 Å². The fourth-order valence-electron chi connectivity index (χ4n) is 2.08. The van der Waals surface area contributed by atoms with Gasteiger partial charge in [0.1, 0.15) is 11.6 Å². The topological polar surface area (TPSA) is 49.3 Å². The Hall–Kier alpha value is -2.36. The minimum absolute atomic E-state index is 0.0588. The van der Waals surface area contributed by atoms with Crippen molar-refractivity contribution in [1.82, 2.24) is 5.32 Å². The number of phenols is 1. The largest absolute Gasteiger partial charge is 0.507 e. The van der Waals surface area contributed by atoms with Gasteiger partial charge < -0.3 is 10.4 Å². The molecule has 0 unspecified atom stereocenters. The molecule has 0 aliphatic heterocycles. The lowest BCUT2D eigenvalue weighted by Gasteiger charge is -2.09. The Morgan fingerprint density at radius 2 is 1.80 bits per heavy atom. The average Bonchev–Trinajstić information content (AvgIpc) is 2.42. The normalized spacial score (nSPS) is 10.3. The van der Waals surface area contributed by atoms with E-state index in [9.17, 15) is 14.3 Å². The molecule has 3 nitrogen and oxygen atoms in total. The van der Waals surface area contributed by atoms with E-state index in [-0.39, 0.29) is 29.6 Å². The lowest BCUT2D eigenvalue weighted by Crippen LogP contribution is -2.23. The summed E-state index contributed by atoms with van der Waals surface area (Å²) in [7, 11) is 0. The monoisotopic (exact) mass is 273 g/mol. The van der Waals surface area contributed by atoms with Crippen LogP contribution in [-0.4, -0.2) is 11.0 Å². The molecule has 1 amide bonds. The summed E-state index contributed by atoms with van der Waals surface area (Å²) < 4.78 is 13.5. The first-order valence-electron chi connectivity index (χ1n) is 6.31. The smallest absolute Gasteiger partial charge is 0.255 e. The van der Waals surface area contributed by atoms with Crippen LogP contribution < -0.4 is 5.32 Å². The highest BCUT2D eigenvalue weighted by atomic mass is 19.1. The summed E-state index contributed by atoms with van der Waals surface area (Å²) >= 11 is 0. The van der Waals surface area contributed by atoms with Crippen LogP contribution in [0, 0.1) is 19.7 Å². The molecular weight excluding hydrogens is 257 g/mol. The standard InChI is InChI=1S/C16H16FNO2/c1-10-7-12(8-11(2)15(10)17)9-18-16(20)13-5-3-4-6-14(13)19/h3-8,19H,9H2,1-2H3,(H,18,20). The van der Waals surface area contributed by atoms with Gasteiger partial charge in [-0.3, -0.25) is 4.79 Å². The van der Waals surface area contributed by atoms with Crippen molar-refractivity contribution in [3.05, 3.63) is 64.5 Å². The van der Waals surface area contributed by atoms with E-state index in [1.807, 2.05) is 0 Å². The van der Waals surface area contributed by atoms with Crippen molar-refractivity contribution in [1.29, 1.82) is 0 Å². The molecule has 0 atom stereocenters. The molecule has 0 bridgehead atoms. The first kappa shape index (κ1) is 14.1. The maximum atomic E-state index is 13.5. The minimum Gasteiger partial charge on any atom is -0.507 e. The van der Waals surface area contributed by atoms with Gasteiger partial charge in [-0.15, -0.1) is 0 Å². The number of nitrogens with one attached hydrogen (secondary N) is 1. The summed E-state index contributed by atoms with van der Waals surface area (Å²) in [4.78, 5) is 11.9. The van der Waals surface area contributed by atoms with Gasteiger partial charge in [-0.2, -0.15) is 0 Å². The van der Waals surface area contributed by atoms with Gasteiger partial charge in [0.2, 0.25) is 0 Å². The number of benzene rings is 2. The molecule has 2 rings (SSSR count). The number of aromatic hydroxyl groups is 1. The van der Waals surface area contributed by atoms with Gasteiger partial charge in [0.05, 0.1) is 5.56 Å². The van der Waals surface area contributed by atoms with Gasteiger partial charge in [0, 0.05) is 6.54 Å². The van der Waals surface area contributed by atoms with E-state index in [0.717, 1.165) is 5.56 Å². The van der Waals surface area contributed by atoms with Crippen LogP contribution in [0.4, 0.5) is 4.39 Å². The van der Waals surface area contributed by atoms with E-state index in [4.69, 9.17) is 0 Å². The van der Waals surface area contributed by atoms with E-state index in [0.29, 0.717) is 11.1 Å². The predicted molar refractivity (Wildman–Crippen MR) is 75.2 cm³/mol. The molecule has 0 fully saturated rings. The molecule has 2 aromatic carbocycles. The predicted octanol–water partition coefficient (Wildman–Crippen LogP) is 3.08. The molecule has 104 valence electrons. The Balaban J connectivity index is 2.10. The number of phenolic OH excluding ortho intramolecular Hbond substituents is 1. The first-order chi connectivity index (χ1) is 9.49. The van der Waals surface area contributed by atoms with Crippen molar-refractivity contribution in [3.63, 3.8) is 0 Å². The number of hydrogen-bond acceptors (Lipinski definition) is 2. The van der Waals surface area contributed by atoms with E-state index in [2.05, 4.69) is 5.32 Å². The summed E-state index contributed by atoms with van der Waals surface area (Å²) in [6.07, 6.45) is 0. The van der Waals surface area contributed by atoms with Crippen LogP contribution in [0.25, 0.3) is 0 Å². The molecule has 0 spiro atoms. The second-order valence-electron chi connectivity index (χ2n) is 4.74. The molecular formula is C16H16FNO2. The van der Waals surface area contributed by atoms with Crippen LogP contribution in [0.3, 0.4) is 0 Å². The highest BCUT2D eigenvalue weighted by Gasteiger charge is 2.10. The zero-order chi connectivity index (χ0) is 14.7. The quantitative estimate of drug-likeness (QED) is 0.903. The Morgan fingerprint density at radius 1 is 1.20 bits per heavy atom. The van der Waals surface area contributed by atoms with E-state index in [1.54, 1.807) is 44.2 Å². The van der Waals surface area contributed by atoms with Crippen LogP contribution >= 0.6 is 0 Å². The van der Waals surface area contributed by atoms with E-state index in [1.165, 1.54) is 6.07 Å². The molecule has 4 heteroatoms. The number of halogens is 1. The summed E-state index contributed by atoms with van der Waals surface area (Å²) in [5.41, 5.74) is 2.15. The van der Waals surface area contributed by atoms with Gasteiger partial charge in [-0.25, -0.2) is 4.39 Å². The first-order valence-corrected chi connectivity index (χ1v) is 6.31. The Bertz CT molecular complexity index is 630. The number of aryl methyl sites for hydroxylation is 2. The van der Waals surface area contributed by atoms with Crippen LogP contribution in [0.5, 0.6) is 5.75 Å². The summed E-state index contributed by atoms with van der Waals surface area (Å²) in [6.45, 7) is 3.67. The van der Waals surface area contributed by atoms with Crippen molar-refractivity contribution in [2.45, 2.75) is 20.4 Å². The average molecular weight is 273 g/mol. The van der Waals surface area contributed by atoms with Crippen molar-refractivity contribution >= 4 is 5.91 Å². The maximum Gasteiger partial charge on any atom is 0.255 e. The van der Waals surface area contributed by atoms with Crippen LogP contribution in [0.2, 0.25) is 0 Å². The molecule has 0 aromatic heterocycles. The Morgan fingerprint density at radius 3 is 2.40 bits per heavy atom. The molecule has 0 heterocycles. The maximum absolute atomic E-state index is 13.5. The van der Waals surface area contributed by atoms with E-state index < -0.39 is 0 Å². The number of hydrogen-bond donors (Lipinski definition) is 2. The molecule has 20 heavy (non-hydrogen) atoms. The van der Waals surface area contributed by atoms with Crippen LogP contribution in [0.1, 0.15) is 27.0 Å². The van der Waals surface area contributed by atoms with Gasteiger partial charge in [-0.1, -0.05) is 24.3 Å². The summed E-state index contributed by atoms with van der Waals surface area (Å²) in [6, 6.07) is 9.74. The number of rotatable bonds is 3. The van der Waals surface area contributed by atoms with Crippen molar-refractivity contribution in [2.75, 3.05) is 0 Å². The number of amides is 1. The molecule has 0 aliphatic carbocycles. The summed E-state index contributed by atoms with van der Waals surface area (Å²) in [5, 5.41) is 12.3. The van der Waals surface area contributed by atoms with Crippen LogP contribution in [0.15, 0.2) is 36.4 Å². The third-order valence-electron chi connectivity index (χ3n) is 3.10. The highest BCUT2D eigenvalue weighted by Crippen LogP contribution is 2.17. The number of para-hydroxylation sites is 1. The second-order valence-corrected chi connectivity index (χ2v) is 4.74. The third-order valence-corrected chi connectivity index (χ3v) is 3.10. The highest BCUT2D eigenvalue weighted by molar-refractivity contribution is 5.96. The fraction of sp³-hybridized carbons (Fsp3) is 0.188. The molecule has 2 N–H and O–H groups in total. The lowest BCUT2D eigenvalue weighted by molar-refractivity contribution is 0.0948. The van der Waals surface area contributed by atoms with E-state index >= 15 is 0 Å². The minimum atomic E-state index is -0.359.